The molecule has 7 nitrogen and oxygen atoms in total. The number of nitrogens with zero attached hydrogens (tertiary/aromatic N) is 1. The van der Waals surface area contributed by atoms with Gasteiger partial charge in [-0.3, -0.25) is 0 Å². The molecule has 3 heterocycles. The number of carbonyl (C=O) groups is 2. The number of hydrogen-bond acceptors (Lipinski definition) is 7. The van der Waals surface area contributed by atoms with Gasteiger partial charge in [-0.25, -0.2) is 14.6 Å². The third kappa shape index (κ3) is 4.36. The topological polar surface area (TPSA) is 112 Å². The highest BCUT2D eigenvalue weighted by Crippen LogP contribution is 2.72. The summed E-state index contributed by atoms with van der Waals surface area (Å²) < 4.78 is 12.5. The SMILES string of the molecule is CCC/C=C1\OC(=O)C2=C([C@H](CCCO)c3ccnc(N)c3)[C@H]3CC[C@]21[C@H]1C2=C(CC[C@@H]31)C(=CC1(CC)CCCC1)OC2=O. The minimum atomic E-state index is -0.678. The molecule has 5 atom stereocenters. The summed E-state index contributed by atoms with van der Waals surface area (Å²) in [6, 6.07) is 3.90. The molecular weight excluding hydrogens is 552 g/mol. The first-order valence-electron chi connectivity index (χ1n) is 17.1. The van der Waals surface area contributed by atoms with Crippen LogP contribution in [-0.2, 0) is 19.1 Å². The van der Waals surface area contributed by atoms with Crippen molar-refractivity contribution in [2.24, 2.45) is 28.6 Å². The van der Waals surface area contributed by atoms with Gasteiger partial charge in [0, 0.05) is 35.8 Å². The van der Waals surface area contributed by atoms with Gasteiger partial charge in [0.25, 0.3) is 0 Å². The van der Waals surface area contributed by atoms with E-state index in [0.717, 1.165) is 97.2 Å². The van der Waals surface area contributed by atoms with Gasteiger partial charge >= 0.3 is 11.9 Å². The molecule has 1 aromatic rings. The van der Waals surface area contributed by atoms with Crippen LogP contribution in [0.25, 0.3) is 0 Å². The third-order valence-corrected chi connectivity index (χ3v) is 12.0. The van der Waals surface area contributed by atoms with E-state index in [2.05, 4.69) is 31.0 Å². The van der Waals surface area contributed by atoms with E-state index < -0.39 is 5.41 Å². The van der Waals surface area contributed by atoms with Crippen LogP contribution in [0.3, 0.4) is 0 Å². The van der Waals surface area contributed by atoms with Crippen molar-refractivity contribution in [1.29, 1.82) is 0 Å². The summed E-state index contributed by atoms with van der Waals surface area (Å²) in [7, 11) is 0. The van der Waals surface area contributed by atoms with Crippen molar-refractivity contribution in [3.63, 3.8) is 0 Å². The Bertz CT molecular complexity index is 1490. The molecule has 7 heteroatoms. The number of unbranched alkanes of at least 4 members (excludes halogenated alkanes) is 1. The predicted molar refractivity (Wildman–Crippen MR) is 168 cm³/mol. The number of nitrogen functional groups attached to an aromatic ring is 1. The molecule has 5 aliphatic carbocycles. The molecule has 0 aromatic carbocycles. The zero-order valence-corrected chi connectivity index (χ0v) is 26.2. The molecule has 0 unspecified atom stereocenters. The number of hydrogen-bond donors (Lipinski definition) is 2. The van der Waals surface area contributed by atoms with E-state index in [-0.39, 0.29) is 47.6 Å². The van der Waals surface area contributed by atoms with Crippen molar-refractivity contribution in [3.05, 3.63) is 69.9 Å². The van der Waals surface area contributed by atoms with E-state index in [1.165, 1.54) is 12.8 Å². The van der Waals surface area contributed by atoms with Gasteiger partial charge in [0.05, 0.1) is 11.0 Å². The summed E-state index contributed by atoms with van der Waals surface area (Å²) in [5, 5.41) is 9.89. The number of rotatable bonds is 9. The molecule has 44 heavy (non-hydrogen) atoms. The minimum absolute atomic E-state index is 0.0735. The van der Waals surface area contributed by atoms with Crippen LogP contribution in [0.2, 0.25) is 0 Å². The molecule has 3 fully saturated rings. The molecule has 2 aliphatic heterocycles. The van der Waals surface area contributed by atoms with E-state index in [9.17, 15) is 14.7 Å². The predicted octanol–water partition coefficient (Wildman–Crippen LogP) is 7.20. The van der Waals surface area contributed by atoms with E-state index in [1.807, 2.05) is 12.1 Å². The smallest absolute Gasteiger partial charge is 0.340 e. The average Bonchev–Trinajstić information content (AvgIpc) is 3.71. The Morgan fingerprint density at radius 2 is 1.95 bits per heavy atom. The van der Waals surface area contributed by atoms with E-state index in [0.29, 0.717) is 18.7 Å². The second-order valence-corrected chi connectivity index (χ2v) is 14.0. The van der Waals surface area contributed by atoms with Crippen molar-refractivity contribution in [1.82, 2.24) is 4.98 Å². The van der Waals surface area contributed by atoms with Crippen molar-refractivity contribution in [3.8, 4) is 0 Å². The fourth-order valence-electron chi connectivity index (χ4n) is 10.1. The van der Waals surface area contributed by atoms with Crippen LogP contribution in [0.1, 0.15) is 109 Å². The fourth-order valence-corrected chi connectivity index (χ4v) is 10.1. The minimum Gasteiger partial charge on any atom is -0.427 e. The normalized spacial score (nSPS) is 32.7. The summed E-state index contributed by atoms with van der Waals surface area (Å²) in [5.41, 5.74) is 10.4. The van der Waals surface area contributed by atoms with E-state index in [4.69, 9.17) is 15.2 Å². The quantitative estimate of drug-likeness (QED) is 0.289. The monoisotopic (exact) mass is 598 g/mol. The highest BCUT2D eigenvalue weighted by molar-refractivity contribution is 6.00. The van der Waals surface area contributed by atoms with Crippen LogP contribution in [0.5, 0.6) is 0 Å². The molecule has 1 aromatic heterocycles. The van der Waals surface area contributed by atoms with Gasteiger partial charge in [0.15, 0.2) is 0 Å². The molecule has 234 valence electrons. The number of carbonyl (C=O) groups excluding carboxylic acids is 2. The lowest BCUT2D eigenvalue weighted by Crippen LogP contribution is -2.53. The van der Waals surface area contributed by atoms with Crippen molar-refractivity contribution >= 4 is 17.8 Å². The zero-order chi connectivity index (χ0) is 30.6. The summed E-state index contributed by atoms with van der Waals surface area (Å²) in [6.45, 7) is 4.45. The van der Waals surface area contributed by atoms with Gasteiger partial charge in [-0.2, -0.15) is 0 Å². The number of nitrogens with two attached hydrogens (primary N) is 1. The first-order chi connectivity index (χ1) is 21.4. The average molecular weight is 599 g/mol. The molecule has 8 rings (SSSR count). The molecule has 7 aliphatic rings. The van der Waals surface area contributed by atoms with Crippen molar-refractivity contribution < 1.29 is 24.2 Å². The van der Waals surface area contributed by atoms with Crippen LogP contribution >= 0.6 is 0 Å². The number of esters is 2. The summed E-state index contributed by atoms with van der Waals surface area (Å²) in [5.74, 6) is 1.59. The Hall–Kier alpha value is -3.19. The first kappa shape index (κ1) is 29.5. The number of cyclic esters (lactones) is 2. The second kappa shape index (κ2) is 11.3. The Balaban J connectivity index is 1.43. The molecule has 1 saturated heterocycles. The zero-order valence-electron chi connectivity index (χ0n) is 26.2. The number of allylic oxidation sites excluding steroid dienone is 5. The maximum absolute atomic E-state index is 14.1. The van der Waals surface area contributed by atoms with Gasteiger partial charge in [-0.15, -0.1) is 0 Å². The Labute approximate surface area is 260 Å². The summed E-state index contributed by atoms with van der Waals surface area (Å²) in [6.07, 6.45) is 18.5. The summed E-state index contributed by atoms with van der Waals surface area (Å²) >= 11 is 0. The number of aliphatic hydroxyl groups is 1. The van der Waals surface area contributed by atoms with Crippen LogP contribution < -0.4 is 5.73 Å². The van der Waals surface area contributed by atoms with Gasteiger partial charge in [-0.1, -0.05) is 33.1 Å². The number of anilines is 1. The number of fused-ring (bicyclic) bond motifs is 1. The lowest BCUT2D eigenvalue weighted by molar-refractivity contribution is -0.135. The van der Waals surface area contributed by atoms with Gasteiger partial charge in [-0.05, 0) is 117 Å². The molecule has 2 saturated carbocycles. The molecule has 0 amide bonds. The van der Waals surface area contributed by atoms with E-state index >= 15 is 0 Å². The maximum atomic E-state index is 14.1. The molecular formula is C37H46N2O5. The molecule has 2 bridgehead atoms. The highest BCUT2D eigenvalue weighted by Gasteiger charge is 2.68. The fraction of sp³-hybridized carbons (Fsp3) is 0.595. The molecule has 3 N–H and O–H groups in total. The number of aromatic nitrogens is 1. The lowest BCUT2D eigenvalue weighted by atomic mass is 9.43. The lowest BCUT2D eigenvalue weighted by Gasteiger charge is -2.57. The van der Waals surface area contributed by atoms with Crippen molar-refractivity contribution in [2.75, 3.05) is 12.3 Å². The van der Waals surface area contributed by atoms with Crippen LogP contribution in [-0.4, -0.2) is 28.6 Å². The van der Waals surface area contributed by atoms with Gasteiger partial charge in [0.2, 0.25) is 0 Å². The molecule has 0 radical (unpaired) electrons. The Morgan fingerprint density at radius 1 is 1.14 bits per heavy atom. The van der Waals surface area contributed by atoms with Crippen LogP contribution in [0.15, 0.2) is 64.3 Å². The third-order valence-electron chi connectivity index (χ3n) is 12.0. The molecule has 1 spiro atoms. The number of ether oxygens (including phenoxy) is 2. The first-order valence-corrected chi connectivity index (χ1v) is 17.1. The van der Waals surface area contributed by atoms with Crippen molar-refractivity contribution in [2.45, 2.75) is 103 Å². The Morgan fingerprint density at radius 3 is 2.68 bits per heavy atom. The Kier molecular flexibility index (Phi) is 7.59. The number of aliphatic hydroxyl groups excluding tert-OH is 1. The van der Waals surface area contributed by atoms with Crippen LogP contribution in [0.4, 0.5) is 5.82 Å². The van der Waals surface area contributed by atoms with Gasteiger partial charge in [0.1, 0.15) is 17.3 Å². The highest BCUT2D eigenvalue weighted by atomic mass is 16.5. The number of pyridine rings is 1. The van der Waals surface area contributed by atoms with E-state index in [1.54, 1.807) is 6.20 Å². The largest absolute Gasteiger partial charge is 0.427 e. The van der Waals surface area contributed by atoms with Gasteiger partial charge < -0.3 is 20.3 Å². The standard InChI is InChI=1S/C37H46N2O5/c1-3-5-10-28-37-17-13-24(30(33(37)35(42)44-28)23(9-8-19-40)22-14-18-39-29(38)20-22)25-11-12-26-27(43-34(41)31(26)32(25)37)21-36(4-2)15-6-7-16-36/h10,14,18,20-21,23-25,32,40H,3-9,11-13,15-17,19H2,1-2H3,(H2,38,39)/b27-21?,28-10-/t23-,24+,25+,32-,37+/m1/s1. The maximum Gasteiger partial charge on any atom is 0.340 e. The second-order valence-electron chi connectivity index (χ2n) is 14.0. The summed E-state index contributed by atoms with van der Waals surface area (Å²) in [4.78, 5) is 32.4. The van der Waals surface area contributed by atoms with Crippen LogP contribution in [0, 0.1) is 28.6 Å².